The molecule has 1 fully saturated rings. The Balaban J connectivity index is 1.62. The molecule has 2 aromatic carbocycles. The van der Waals surface area contributed by atoms with Crippen LogP contribution in [0.4, 0.5) is 5.82 Å². The highest BCUT2D eigenvalue weighted by Gasteiger charge is 2.23. The fraction of sp³-hybridized carbons (Fsp3) is 0.292. The van der Waals surface area contributed by atoms with Crippen molar-refractivity contribution in [2.75, 3.05) is 11.9 Å². The van der Waals surface area contributed by atoms with Crippen molar-refractivity contribution in [2.45, 2.75) is 26.2 Å². The topological polar surface area (TPSA) is 77.5 Å². The summed E-state index contributed by atoms with van der Waals surface area (Å²) >= 11 is 0. The molecule has 1 unspecified atom stereocenters. The number of anilines is 1. The molecule has 0 radical (unpaired) electrons. The Morgan fingerprint density at radius 1 is 1.17 bits per heavy atom. The summed E-state index contributed by atoms with van der Waals surface area (Å²) in [5, 5.41) is 24.9. The first-order chi connectivity index (χ1) is 14.2. The Hall–Kier alpha value is -3.39. The Labute approximate surface area is 171 Å². The maximum absolute atomic E-state index is 9.08. The minimum atomic E-state index is 0.432. The number of hydrogen-bond acceptors (Lipinski definition) is 4. The van der Waals surface area contributed by atoms with E-state index in [1.807, 2.05) is 28.9 Å². The van der Waals surface area contributed by atoms with Crippen molar-refractivity contribution >= 4 is 12.0 Å². The van der Waals surface area contributed by atoms with Gasteiger partial charge in [0.1, 0.15) is 5.82 Å². The minimum Gasteiger partial charge on any atom is -0.368 e. The van der Waals surface area contributed by atoms with Crippen LogP contribution in [0.3, 0.4) is 0 Å². The third kappa shape index (κ3) is 4.22. The molecule has 2 atom stereocenters. The Morgan fingerprint density at radius 2 is 1.93 bits per heavy atom. The summed E-state index contributed by atoms with van der Waals surface area (Å²) in [6, 6.07) is 20.2. The van der Waals surface area contributed by atoms with E-state index in [1.165, 1.54) is 5.56 Å². The zero-order chi connectivity index (χ0) is 20.2. The fourth-order valence-corrected chi connectivity index (χ4v) is 3.97. The number of nitrogens with zero attached hydrogens (tertiary/aromatic N) is 3. The van der Waals surface area contributed by atoms with Crippen LogP contribution in [0.5, 0.6) is 0 Å². The van der Waals surface area contributed by atoms with Gasteiger partial charge >= 0.3 is 0 Å². The molecule has 1 saturated carbocycles. The van der Waals surface area contributed by atoms with Gasteiger partial charge in [0.15, 0.2) is 0 Å². The zero-order valence-corrected chi connectivity index (χ0v) is 16.6. The van der Waals surface area contributed by atoms with Crippen LogP contribution < -0.4 is 5.32 Å². The third-order valence-electron chi connectivity index (χ3n) is 5.69. The maximum atomic E-state index is 9.08. The number of rotatable bonds is 6. The predicted octanol–water partition coefficient (Wildman–Crippen LogP) is 5.20. The molecule has 5 nitrogen and oxygen atoms in total. The number of nitriles is 1. The SMILES string of the molecule is Cc1ccc(-c2cc(NC[C@@H]3CCC(C=N)C3)nn2-c2ccc(C#N)cc2)cc1. The molecule has 0 amide bonds. The number of hydrogen-bond donors (Lipinski definition) is 2. The Bertz CT molecular complexity index is 1020. The van der Waals surface area contributed by atoms with Crippen molar-refractivity contribution in [1.82, 2.24) is 9.78 Å². The van der Waals surface area contributed by atoms with Crippen LogP contribution >= 0.6 is 0 Å². The van der Waals surface area contributed by atoms with Gasteiger partial charge < -0.3 is 10.7 Å². The maximum Gasteiger partial charge on any atom is 0.149 e. The molecule has 29 heavy (non-hydrogen) atoms. The van der Waals surface area contributed by atoms with E-state index in [4.69, 9.17) is 15.8 Å². The standard InChI is InChI=1S/C24H25N5/c1-17-2-8-21(9-3-17)23-13-24(27-16-20-5-4-19(12-20)15-26)28-29(23)22-10-6-18(14-25)7-11-22/h2-3,6-11,13,15,19-20,26H,4-5,12,16H2,1H3,(H,27,28)/t19?,20-/m1/s1. The van der Waals surface area contributed by atoms with E-state index >= 15 is 0 Å². The normalized spacial score (nSPS) is 18.3. The molecule has 1 heterocycles. The van der Waals surface area contributed by atoms with Gasteiger partial charge in [-0.15, -0.1) is 5.10 Å². The Morgan fingerprint density at radius 3 is 2.59 bits per heavy atom. The molecule has 3 aromatic rings. The van der Waals surface area contributed by atoms with Gasteiger partial charge in [-0.05, 0) is 68.5 Å². The lowest BCUT2D eigenvalue weighted by molar-refractivity contribution is 0.567. The van der Waals surface area contributed by atoms with E-state index in [-0.39, 0.29) is 0 Å². The predicted molar refractivity (Wildman–Crippen MR) is 117 cm³/mol. The number of aryl methyl sites for hydroxylation is 1. The van der Waals surface area contributed by atoms with Gasteiger partial charge in [-0.25, -0.2) is 4.68 Å². The molecular formula is C24H25N5. The van der Waals surface area contributed by atoms with Crippen LogP contribution in [0, 0.1) is 35.5 Å². The third-order valence-corrected chi connectivity index (χ3v) is 5.69. The second-order valence-electron chi connectivity index (χ2n) is 7.84. The van der Waals surface area contributed by atoms with E-state index in [1.54, 1.807) is 6.21 Å². The fourth-order valence-electron chi connectivity index (χ4n) is 3.97. The van der Waals surface area contributed by atoms with Crippen LogP contribution in [0.2, 0.25) is 0 Å². The second kappa shape index (κ2) is 8.32. The summed E-state index contributed by atoms with van der Waals surface area (Å²) in [5.41, 5.74) is 4.90. The number of nitrogens with one attached hydrogen (secondary N) is 2. The first kappa shape index (κ1) is 18.9. The highest BCUT2D eigenvalue weighted by molar-refractivity contribution is 5.66. The van der Waals surface area contributed by atoms with Crippen LogP contribution in [0.1, 0.15) is 30.4 Å². The molecule has 0 bridgehead atoms. The van der Waals surface area contributed by atoms with Gasteiger partial charge in [-0.1, -0.05) is 29.8 Å². The summed E-state index contributed by atoms with van der Waals surface area (Å²) in [6.07, 6.45) is 4.95. The first-order valence-corrected chi connectivity index (χ1v) is 10.1. The van der Waals surface area contributed by atoms with Crippen LogP contribution in [0.15, 0.2) is 54.6 Å². The van der Waals surface area contributed by atoms with Crippen molar-refractivity contribution < 1.29 is 0 Å². The monoisotopic (exact) mass is 383 g/mol. The van der Waals surface area contributed by atoms with Gasteiger partial charge in [-0.2, -0.15) is 5.26 Å². The van der Waals surface area contributed by atoms with E-state index in [0.29, 0.717) is 17.4 Å². The van der Waals surface area contributed by atoms with Gasteiger partial charge in [0.2, 0.25) is 0 Å². The molecule has 0 saturated heterocycles. The Kier molecular flexibility index (Phi) is 5.44. The second-order valence-corrected chi connectivity index (χ2v) is 7.84. The van der Waals surface area contributed by atoms with Crippen molar-refractivity contribution in [3.8, 4) is 23.0 Å². The molecule has 0 spiro atoms. The summed E-state index contributed by atoms with van der Waals surface area (Å²) in [4.78, 5) is 0. The largest absolute Gasteiger partial charge is 0.368 e. The van der Waals surface area contributed by atoms with Crippen LogP contribution in [-0.4, -0.2) is 22.5 Å². The average Bonchev–Trinajstić information content (AvgIpc) is 3.40. The minimum absolute atomic E-state index is 0.432. The van der Waals surface area contributed by atoms with Gasteiger partial charge in [-0.3, -0.25) is 0 Å². The molecule has 1 aromatic heterocycles. The molecule has 0 aliphatic heterocycles. The first-order valence-electron chi connectivity index (χ1n) is 10.1. The lowest BCUT2D eigenvalue weighted by Crippen LogP contribution is -2.12. The molecule has 2 N–H and O–H groups in total. The average molecular weight is 383 g/mol. The lowest BCUT2D eigenvalue weighted by Gasteiger charge is -2.10. The van der Waals surface area contributed by atoms with Crippen molar-refractivity contribution in [3.05, 3.63) is 65.7 Å². The molecular weight excluding hydrogens is 358 g/mol. The zero-order valence-electron chi connectivity index (χ0n) is 16.6. The molecule has 146 valence electrons. The van der Waals surface area contributed by atoms with Gasteiger partial charge in [0, 0.05) is 18.2 Å². The smallest absolute Gasteiger partial charge is 0.149 e. The lowest BCUT2D eigenvalue weighted by atomic mass is 10.1. The van der Waals surface area contributed by atoms with E-state index in [2.05, 4.69) is 48.6 Å². The van der Waals surface area contributed by atoms with Crippen LogP contribution in [-0.2, 0) is 0 Å². The molecule has 1 aliphatic rings. The summed E-state index contributed by atoms with van der Waals surface area (Å²) in [6.45, 7) is 2.96. The molecule has 5 heteroatoms. The van der Waals surface area contributed by atoms with E-state index in [0.717, 1.165) is 48.6 Å². The summed E-state index contributed by atoms with van der Waals surface area (Å²) in [5.74, 6) is 1.87. The highest BCUT2D eigenvalue weighted by atomic mass is 15.3. The number of benzene rings is 2. The van der Waals surface area contributed by atoms with Crippen molar-refractivity contribution in [1.29, 1.82) is 10.7 Å². The van der Waals surface area contributed by atoms with E-state index < -0.39 is 0 Å². The summed E-state index contributed by atoms with van der Waals surface area (Å²) < 4.78 is 1.93. The highest BCUT2D eigenvalue weighted by Crippen LogP contribution is 2.31. The van der Waals surface area contributed by atoms with Crippen LogP contribution in [0.25, 0.3) is 16.9 Å². The molecule has 4 rings (SSSR count). The van der Waals surface area contributed by atoms with Crippen molar-refractivity contribution in [3.63, 3.8) is 0 Å². The van der Waals surface area contributed by atoms with E-state index in [9.17, 15) is 0 Å². The van der Waals surface area contributed by atoms with Crippen molar-refractivity contribution in [2.24, 2.45) is 11.8 Å². The molecule has 1 aliphatic carbocycles. The summed E-state index contributed by atoms with van der Waals surface area (Å²) in [7, 11) is 0. The number of aromatic nitrogens is 2. The van der Waals surface area contributed by atoms with Gasteiger partial charge in [0.25, 0.3) is 0 Å². The van der Waals surface area contributed by atoms with Gasteiger partial charge in [0.05, 0.1) is 23.0 Å². The quantitative estimate of drug-likeness (QED) is 0.575.